The largest absolute Gasteiger partial charge is 0.497 e. The van der Waals surface area contributed by atoms with Gasteiger partial charge >= 0.3 is 5.97 Å². The van der Waals surface area contributed by atoms with E-state index in [1.165, 1.54) is 12.0 Å². The summed E-state index contributed by atoms with van der Waals surface area (Å²) in [6, 6.07) is 4.92. The molecule has 1 amide bonds. The van der Waals surface area contributed by atoms with E-state index in [-0.39, 0.29) is 19.1 Å². The van der Waals surface area contributed by atoms with Gasteiger partial charge in [0.1, 0.15) is 18.0 Å². The van der Waals surface area contributed by atoms with Gasteiger partial charge in [-0.25, -0.2) is 0 Å². The summed E-state index contributed by atoms with van der Waals surface area (Å²) in [4.78, 5) is 23.5. The molecule has 0 spiro atoms. The average molecular weight is 267 g/mol. The van der Waals surface area contributed by atoms with E-state index in [1.54, 1.807) is 18.2 Å². The van der Waals surface area contributed by atoms with Crippen molar-refractivity contribution in [2.24, 2.45) is 0 Å². The third-order valence-corrected chi connectivity index (χ3v) is 2.40. The third kappa shape index (κ3) is 3.37. The van der Waals surface area contributed by atoms with E-state index in [1.807, 2.05) is 13.8 Å². The molecule has 0 aliphatic carbocycles. The Hall–Kier alpha value is -2.24. The first-order chi connectivity index (χ1) is 9.11. The van der Waals surface area contributed by atoms with Gasteiger partial charge in [0.15, 0.2) is 6.61 Å². The van der Waals surface area contributed by atoms with Crippen LogP contribution < -0.4 is 14.4 Å². The molecule has 1 aromatic carbocycles. The van der Waals surface area contributed by atoms with Crippen molar-refractivity contribution in [3.63, 3.8) is 0 Å². The molecular weight excluding hydrogens is 250 g/mol. The molecule has 1 aliphatic heterocycles. The lowest BCUT2D eigenvalue weighted by molar-refractivity contribution is -0.137. The number of carboxylic acids is 1. The molecule has 1 aromatic rings. The van der Waals surface area contributed by atoms with E-state index in [2.05, 4.69) is 0 Å². The maximum Gasteiger partial charge on any atom is 0.323 e. The Kier molecular flexibility index (Phi) is 5.17. The topological polar surface area (TPSA) is 76.1 Å². The minimum Gasteiger partial charge on any atom is -0.497 e. The fourth-order valence-electron chi connectivity index (χ4n) is 1.62. The molecular formula is C13H17NO5. The van der Waals surface area contributed by atoms with Crippen LogP contribution in [-0.2, 0) is 9.59 Å². The lowest BCUT2D eigenvalue weighted by atomic mass is 10.2. The van der Waals surface area contributed by atoms with E-state index < -0.39 is 5.97 Å². The van der Waals surface area contributed by atoms with Crippen molar-refractivity contribution >= 4 is 17.6 Å². The van der Waals surface area contributed by atoms with Crippen LogP contribution in [0.5, 0.6) is 11.5 Å². The Bertz CT molecular complexity index is 472. The van der Waals surface area contributed by atoms with Gasteiger partial charge in [0.05, 0.1) is 12.8 Å². The van der Waals surface area contributed by atoms with Gasteiger partial charge in [0.2, 0.25) is 0 Å². The fraction of sp³-hybridized carbons (Fsp3) is 0.385. The Morgan fingerprint density at radius 2 is 2.16 bits per heavy atom. The Balaban J connectivity index is 0.000000861. The van der Waals surface area contributed by atoms with Gasteiger partial charge in [-0.1, -0.05) is 13.8 Å². The number of ether oxygens (including phenoxy) is 2. The van der Waals surface area contributed by atoms with Crippen molar-refractivity contribution in [2.75, 3.05) is 25.2 Å². The molecule has 1 N–H and O–H groups in total. The predicted molar refractivity (Wildman–Crippen MR) is 69.8 cm³/mol. The summed E-state index contributed by atoms with van der Waals surface area (Å²) in [5.74, 6) is -0.439. The number of fused-ring (bicyclic) bond motifs is 1. The summed E-state index contributed by atoms with van der Waals surface area (Å²) < 4.78 is 10.2. The monoisotopic (exact) mass is 267 g/mol. The Labute approximate surface area is 111 Å². The van der Waals surface area contributed by atoms with Crippen LogP contribution in [0.15, 0.2) is 18.2 Å². The number of nitrogens with zero attached hydrogens (tertiary/aromatic N) is 1. The SMILES string of the molecule is CC.COc1ccc2c(c1)N(CC(=O)O)C(=O)CO2. The minimum absolute atomic E-state index is 0.146. The standard InChI is InChI=1S/C11H11NO5.C2H6/c1-16-7-2-3-9-8(4-7)12(5-11(14)15)10(13)6-17-9;1-2/h2-4H,5-6H2,1H3,(H,14,15);1-2H3. The van der Waals surface area contributed by atoms with E-state index >= 15 is 0 Å². The molecule has 2 rings (SSSR count). The number of carbonyl (C=O) groups excluding carboxylic acids is 1. The minimum atomic E-state index is -1.07. The first-order valence-corrected chi connectivity index (χ1v) is 5.95. The molecule has 0 unspecified atom stereocenters. The highest BCUT2D eigenvalue weighted by molar-refractivity contribution is 6.01. The van der Waals surface area contributed by atoms with Crippen LogP contribution in [0.3, 0.4) is 0 Å². The molecule has 1 heterocycles. The number of rotatable bonds is 3. The summed E-state index contributed by atoms with van der Waals surface area (Å²) >= 11 is 0. The van der Waals surface area contributed by atoms with E-state index in [0.717, 1.165) is 0 Å². The number of hydrogen-bond acceptors (Lipinski definition) is 4. The lowest BCUT2D eigenvalue weighted by Crippen LogP contribution is -2.41. The smallest absolute Gasteiger partial charge is 0.323 e. The van der Waals surface area contributed by atoms with Crippen molar-refractivity contribution in [2.45, 2.75) is 13.8 Å². The number of methoxy groups -OCH3 is 1. The van der Waals surface area contributed by atoms with Gasteiger partial charge < -0.3 is 14.6 Å². The molecule has 1 aliphatic rings. The number of carboxylic acid groups (broad SMARTS) is 1. The quantitative estimate of drug-likeness (QED) is 0.898. The molecule has 6 heteroatoms. The number of benzene rings is 1. The zero-order valence-electron chi connectivity index (χ0n) is 11.2. The van der Waals surface area contributed by atoms with Crippen LogP contribution in [0.25, 0.3) is 0 Å². The first-order valence-electron chi connectivity index (χ1n) is 5.95. The number of amides is 1. The number of carbonyl (C=O) groups is 2. The molecule has 6 nitrogen and oxygen atoms in total. The summed E-state index contributed by atoms with van der Waals surface area (Å²) in [6.45, 7) is 3.47. The van der Waals surface area contributed by atoms with Gasteiger partial charge in [0.25, 0.3) is 5.91 Å². The van der Waals surface area contributed by atoms with Gasteiger partial charge in [-0.3, -0.25) is 14.5 Å². The molecule has 0 atom stereocenters. The maximum absolute atomic E-state index is 11.6. The van der Waals surface area contributed by atoms with E-state index in [4.69, 9.17) is 14.6 Å². The van der Waals surface area contributed by atoms with Gasteiger partial charge in [-0.15, -0.1) is 0 Å². The molecule has 0 bridgehead atoms. The third-order valence-electron chi connectivity index (χ3n) is 2.40. The summed E-state index contributed by atoms with van der Waals surface area (Å²) in [5, 5.41) is 8.77. The molecule has 0 saturated carbocycles. The summed E-state index contributed by atoms with van der Waals surface area (Å²) in [7, 11) is 1.49. The average Bonchev–Trinajstić information content (AvgIpc) is 2.43. The second-order valence-corrected chi connectivity index (χ2v) is 3.50. The highest BCUT2D eigenvalue weighted by Gasteiger charge is 2.27. The molecule has 0 fully saturated rings. The van der Waals surface area contributed by atoms with Crippen LogP contribution >= 0.6 is 0 Å². The summed E-state index contributed by atoms with van der Waals surface area (Å²) in [6.07, 6.45) is 0. The van der Waals surface area contributed by atoms with Crippen molar-refractivity contribution in [1.82, 2.24) is 0 Å². The molecule has 0 radical (unpaired) electrons. The number of aliphatic carboxylic acids is 1. The fourth-order valence-corrected chi connectivity index (χ4v) is 1.62. The zero-order chi connectivity index (χ0) is 14.4. The summed E-state index contributed by atoms with van der Waals surface area (Å²) in [5.41, 5.74) is 0.419. The van der Waals surface area contributed by atoms with Gasteiger partial charge in [0, 0.05) is 6.07 Å². The Morgan fingerprint density at radius 1 is 1.47 bits per heavy atom. The van der Waals surface area contributed by atoms with Crippen LogP contribution in [-0.4, -0.2) is 37.2 Å². The number of hydrogen-bond donors (Lipinski definition) is 1. The normalized spacial score (nSPS) is 12.8. The van der Waals surface area contributed by atoms with E-state index in [0.29, 0.717) is 17.2 Å². The second-order valence-electron chi connectivity index (χ2n) is 3.50. The van der Waals surface area contributed by atoms with Crippen molar-refractivity contribution in [1.29, 1.82) is 0 Å². The van der Waals surface area contributed by atoms with Crippen molar-refractivity contribution < 1.29 is 24.2 Å². The van der Waals surface area contributed by atoms with E-state index in [9.17, 15) is 9.59 Å². The highest BCUT2D eigenvalue weighted by Crippen LogP contribution is 2.35. The zero-order valence-corrected chi connectivity index (χ0v) is 11.2. The maximum atomic E-state index is 11.6. The molecule has 104 valence electrons. The lowest BCUT2D eigenvalue weighted by Gasteiger charge is -2.28. The van der Waals surface area contributed by atoms with Crippen molar-refractivity contribution in [3.8, 4) is 11.5 Å². The van der Waals surface area contributed by atoms with Crippen LogP contribution in [0, 0.1) is 0 Å². The van der Waals surface area contributed by atoms with Gasteiger partial charge in [-0.2, -0.15) is 0 Å². The molecule has 19 heavy (non-hydrogen) atoms. The molecule has 0 saturated heterocycles. The highest BCUT2D eigenvalue weighted by atomic mass is 16.5. The Morgan fingerprint density at radius 3 is 2.74 bits per heavy atom. The second kappa shape index (κ2) is 6.63. The van der Waals surface area contributed by atoms with Crippen LogP contribution in [0.2, 0.25) is 0 Å². The first kappa shape index (κ1) is 14.8. The molecule has 0 aromatic heterocycles. The predicted octanol–water partition coefficient (Wildman–Crippen LogP) is 1.53. The van der Waals surface area contributed by atoms with Crippen LogP contribution in [0.4, 0.5) is 5.69 Å². The van der Waals surface area contributed by atoms with Crippen molar-refractivity contribution in [3.05, 3.63) is 18.2 Å². The van der Waals surface area contributed by atoms with Gasteiger partial charge in [-0.05, 0) is 12.1 Å². The number of anilines is 1. The van der Waals surface area contributed by atoms with Crippen LogP contribution in [0.1, 0.15) is 13.8 Å².